The second-order valence-corrected chi connectivity index (χ2v) is 8.10. The van der Waals surface area contributed by atoms with Crippen LogP contribution in [0, 0.1) is 6.92 Å². The minimum absolute atomic E-state index is 0.0350. The Labute approximate surface area is 180 Å². The van der Waals surface area contributed by atoms with Gasteiger partial charge in [0, 0.05) is 34.8 Å². The van der Waals surface area contributed by atoms with Gasteiger partial charge in [0.1, 0.15) is 5.75 Å². The molecule has 2 aromatic carbocycles. The van der Waals surface area contributed by atoms with Crippen molar-refractivity contribution >= 4 is 40.7 Å². The Balaban J connectivity index is 1.69. The number of halogens is 3. The quantitative estimate of drug-likeness (QED) is 0.565. The SMILES string of the molecule is Cc1cc(OCC(=O)N(Cc2ccc(Cl)cc2Cl)CC2CCCO2)ccc1Cl. The largest absolute Gasteiger partial charge is 0.484 e. The lowest BCUT2D eigenvalue weighted by Gasteiger charge is -2.26. The molecule has 1 fully saturated rings. The standard InChI is InChI=1S/C21H22Cl3NO3/c1-14-9-17(6-7-19(14)23)28-13-21(26)25(12-18-3-2-8-27-18)11-15-4-5-16(22)10-20(15)24/h4-7,9-10,18H,2-3,8,11-13H2,1H3. The van der Waals surface area contributed by atoms with Crippen molar-refractivity contribution in [2.75, 3.05) is 19.8 Å². The zero-order valence-corrected chi connectivity index (χ0v) is 17.9. The van der Waals surface area contributed by atoms with Gasteiger partial charge in [0.2, 0.25) is 0 Å². The van der Waals surface area contributed by atoms with Crippen LogP contribution in [-0.4, -0.2) is 36.7 Å². The fourth-order valence-electron chi connectivity index (χ4n) is 3.09. The molecule has 1 aliphatic rings. The molecule has 4 nitrogen and oxygen atoms in total. The highest BCUT2D eigenvalue weighted by Gasteiger charge is 2.24. The summed E-state index contributed by atoms with van der Waals surface area (Å²) in [6, 6.07) is 10.6. The van der Waals surface area contributed by atoms with Crippen molar-refractivity contribution in [1.29, 1.82) is 0 Å². The monoisotopic (exact) mass is 441 g/mol. The lowest BCUT2D eigenvalue weighted by atomic mass is 10.1. The van der Waals surface area contributed by atoms with Crippen LogP contribution >= 0.6 is 34.8 Å². The molecular weight excluding hydrogens is 421 g/mol. The highest BCUT2D eigenvalue weighted by molar-refractivity contribution is 6.35. The number of hydrogen-bond acceptors (Lipinski definition) is 3. The van der Waals surface area contributed by atoms with E-state index >= 15 is 0 Å². The molecule has 0 radical (unpaired) electrons. The minimum atomic E-state index is -0.130. The van der Waals surface area contributed by atoms with E-state index in [1.807, 2.05) is 19.1 Å². The third-order valence-electron chi connectivity index (χ3n) is 4.67. The summed E-state index contributed by atoms with van der Waals surface area (Å²) in [4.78, 5) is 14.6. The van der Waals surface area contributed by atoms with Crippen molar-refractivity contribution < 1.29 is 14.3 Å². The van der Waals surface area contributed by atoms with E-state index in [2.05, 4.69) is 0 Å². The summed E-state index contributed by atoms with van der Waals surface area (Å²) >= 11 is 18.3. The second-order valence-electron chi connectivity index (χ2n) is 6.84. The van der Waals surface area contributed by atoms with Crippen LogP contribution in [0.2, 0.25) is 15.1 Å². The molecule has 0 spiro atoms. The maximum atomic E-state index is 12.9. The van der Waals surface area contributed by atoms with Crippen LogP contribution < -0.4 is 4.74 Å². The maximum Gasteiger partial charge on any atom is 0.260 e. The molecule has 0 bridgehead atoms. The van der Waals surface area contributed by atoms with E-state index in [9.17, 15) is 4.79 Å². The van der Waals surface area contributed by atoms with Gasteiger partial charge in [0.15, 0.2) is 6.61 Å². The Morgan fingerprint density at radius 3 is 2.68 bits per heavy atom. The predicted octanol–water partition coefficient (Wildman–Crippen LogP) is 5.54. The van der Waals surface area contributed by atoms with E-state index in [1.54, 1.807) is 29.2 Å². The topological polar surface area (TPSA) is 38.8 Å². The molecular formula is C21H22Cl3NO3. The van der Waals surface area contributed by atoms with Crippen LogP contribution in [0.4, 0.5) is 0 Å². The summed E-state index contributed by atoms with van der Waals surface area (Å²) in [5.41, 5.74) is 1.73. The van der Waals surface area contributed by atoms with Crippen molar-refractivity contribution in [3.05, 3.63) is 62.6 Å². The first kappa shape index (κ1) is 21.3. The number of carbonyl (C=O) groups excluding carboxylic acids is 1. The lowest BCUT2D eigenvalue weighted by molar-refractivity contribution is -0.135. The van der Waals surface area contributed by atoms with Gasteiger partial charge in [-0.15, -0.1) is 0 Å². The second kappa shape index (κ2) is 9.84. The number of rotatable bonds is 7. The average Bonchev–Trinajstić information content (AvgIpc) is 3.17. The van der Waals surface area contributed by atoms with Crippen LogP contribution in [-0.2, 0) is 16.1 Å². The number of benzene rings is 2. The van der Waals surface area contributed by atoms with Gasteiger partial charge in [0.25, 0.3) is 5.91 Å². The molecule has 0 N–H and O–H groups in total. The molecule has 0 aliphatic carbocycles. The van der Waals surface area contributed by atoms with E-state index < -0.39 is 0 Å². The fourth-order valence-corrected chi connectivity index (χ4v) is 3.67. The van der Waals surface area contributed by atoms with Gasteiger partial charge in [-0.25, -0.2) is 0 Å². The first-order valence-electron chi connectivity index (χ1n) is 9.14. The van der Waals surface area contributed by atoms with Crippen LogP contribution in [0.1, 0.15) is 24.0 Å². The van der Waals surface area contributed by atoms with Crippen molar-refractivity contribution in [2.45, 2.75) is 32.4 Å². The zero-order chi connectivity index (χ0) is 20.1. The number of hydrogen-bond donors (Lipinski definition) is 0. The van der Waals surface area contributed by atoms with Gasteiger partial charge in [-0.05, 0) is 61.2 Å². The van der Waals surface area contributed by atoms with Gasteiger partial charge in [-0.3, -0.25) is 4.79 Å². The number of nitrogens with zero attached hydrogens (tertiary/aromatic N) is 1. The molecule has 0 saturated carbocycles. The molecule has 1 unspecified atom stereocenters. The summed E-state index contributed by atoms with van der Waals surface area (Å²) in [6.07, 6.45) is 1.98. The molecule has 2 aromatic rings. The maximum absolute atomic E-state index is 12.9. The van der Waals surface area contributed by atoms with E-state index in [0.29, 0.717) is 33.9 Å². The highest BCUT2D eigenvalue weighted by atomic mass is 35.5. The summed E-state index contributed by atoms with van der Waals surface area (Å²) in [7, 11) is 0. The van der Waals surface area contributed by atoms with Gasteiger partial charge in [-0.2, -0.15) is 0 Å². The Bertz CT molecular complexity index is 838. The summed E-state index contributed by atoms with van der Waals surface area (Å²) in [5, 5.41) is 1.76. The van der Waals surface area contributed by atoms with Gasteiger partial charge < -0.3 is 14.4 Å². The molecule has 0 aromatic heterocycles. The molecule has 1 amide bonds. The van der Waals surface area contributed by atoms with Crippen LogP contribution in [0.15, 0.2) is 36.4 Å². The Hall–Kier alpha value is -1.46. The summed E-state index contributed by atoms with van der Waals surface area (Å²) in [6.45, 7) is 3.43. The minimum Gasteiger partial charge on any atom is -0.484 e. The van der Waals surface area contributed by atoms with Crippen molar-refractivity contribution in [3.63, 3.8) is 0 Å². The Kier molecular flexibility index (Phi) is 7.47. The number of aryl methyl sites for hydroxylation is 1. The van der Waals surface area contributed by atoms with Gasteiger partial charge in [-0.1, -0.05) is 40.9 Å². The molecule has 1 atom stereocenters. The van der Waals surface area contributed by atoms with Crippen LogP contribution in [0.25, 0.3) is 0 Å². The smallest absolute Gasteiger partial charge is 0.260 e. The zero-order valence-electron chi connectivity index (χ0n) is 15.6. The van der Waals surface area contributed by atoms with Crippen molar-refractivity contribution in [1.82, 2.24) is 4.90 Å². The van der Waals surface area contributed by atoms with E-state index in [0.717, 1.165) is 30.6 Å². The Morgan fingerprint density at radius 1 is 1.18 bits per heavy atom. The van der Waals surface area contributed by atoms with E-state index in [4.69, 9.17) is 44.3 Å². The summed E-state index contributed by atoms with van der Waals surface area (Å²) in [5.74, 6) is 0.478. The Morgan fingerprint density at radius 2 is 2.00 bits per heavy atom. The third kappa shape index (κ3) is 5.77. The number of ether oxygens (including phenoxy) is 2. The van der Waals surface area contributed by atoms with Crippen LogP contribution in [0.3, 0.4) is 0 Å². The lowest BCUT2D eigenvalue weighted by Crippen LogP contribution is -2.39. The first-order chi connectivity index (χ1) is 13.4. The third-order valence-corrected chi connectivity index (χ3v) is 5.68. The van der Waals surface area contributed by atoms with E-state index in [-0.39, 0.29) is 18.6 Å². The van der Waals surface area contributed by atoms with Gasteiger partial charge in [0.05, 0.1) is 6.10 Å². The molecule has 1 saturated heterocycles. The fraction of sp³-hybridized carbons (Fsp3) is 0.381. The molecule has 1 heterocycles. The highest BCUT2D eigenvalue weighted by Crippen LogP contribution is 2.24. The first-order valence-corrected chi connectivity index (χ1v) is 10.3. The molecule has 28 heavy (non-hydrogen) atoms. The summed E-state index contributed by atoms with van der Waals surface area (Å²) < 4.78 is 11.4. The number of amides is 1. The molecule has 150 valence electrons. The van der Waals surface area contributed by atoms with Crippen molar-refractivity contribution in [2.24, 2.45) is 0 Å². The average molecular weight is 443 g/mol. The molecule has 3 rings (SSSR count). The van der Waals surface area contributed by atoms with Crippen molar-refractivity contribution in [3.8, 4) is 5.75 Å². The van der Waals surface area contributed by atoms with Gasteiger partial charge >= 0.3 is 0 Å². The molecule has 1 aliphatic heterocycles. The number of carbonyl (C=O) groups is 1. The normalized spacial score (nSPS) is 16.2. The predicted molar refractivity (Wildman–Crippen MR) is 113 cm³/mol. The van der Waals surface area contributed by atoms with Crippen LogP contribution in [0.5, 0.6) is 5.75 Å². The molecule has 7 heteroatoms. The van der Waals surface area contributed by atoms with E-state index in [1.165, 1.54) is 0 Å².